The van der Waals surface area contributed by atoms with Gasteiger partial charge in [-0.05, 0) is 67.0 Å². The van der Waals surface area contributed by atoms with Crippen LogP contribution < -0.4 is 4.74 Å². The third-order valence-corrected chi connectivity index (χ3v) is 4.48. The first-order valence-electron chi connectivity index (χ1n) is 9.05. The number of ether oxygens (including phenoxy) is 1. The molecule has 1 aromatic rings. The summed E-state index contributed by atoms with van der Waals surface area (Å²) >= 11 is 1.72. The molecule has 0 spiro atoms. The van der Waals surface area contributed by atoms with E-state index in [1.54, 1.807) is 17.3 Å². The van der Waals surface area contributed by atoms with E-state index in [4.69, 9.17) is 4.74 Å². The summed E-state index contributed by atoms with van der Waals surface area (Å²) in [5, 5.41) is 2.15. The number of hydrogen-bond donors (Lipinski definition) is 0. The molecule has 0 amide bonds. The van der Waals surface area contributed by atoms with Crippen LogP contribution in [0.1, 0.15) is 51.5 Å². The maximum Gasteiger partial charge on any atom is 0.119 e. The molecule has 0 bridgehead atoms. The first kappa shape index (κ1) is 20.6. The SMILES string of the molecule is C=C/C(=C\SC)Cc1ccc(OCCC2=CCCCC2)cc1.CC. The Morgan fingerprint density at radius 1 is 1.21 bits per heavy atom. The third kappa shape index (κ3) is 7.92. The van der Waals surface area contributed by atoms with E-state index in [2.05, 4.69) is 48.6 Å². The molecular weight excluding hydrogens is 312 g/mol. The van der Waals surface area contributed by atoms with E-state index in [0.29, 0.717) is 0 Å². The van der Waals surface area contributed by atoms with E-state index in [1.807, 2.05) is 19.9 Å². The number of hydrogen-bond acceptors (Lipinski definition) is 2. The molecule has 1 aliphatic carbocycles. The molecule has 0 saturated carbocycles. The molecule has 0 aromatic heterocycles. The average molecular weight is 345 g/mol. The predicted molar refractivity (Wildman–Crippen MR) is 110 cm³/mol. The van der Waals surface area contributed by atoms with Crippen molar-refractivity contribution in [1.29, 1.82) is 0 Å². The Morgan fingerprint density at radius 3 is 2.54 bits per heavy atom. The predicted octanol–water partition coefficient (Wildman–Crippen LogP) is 6.96. The Bertz CT molecular complexity index is 525. The van der Waals surface area contributed by atoms with Gasteiger partial charge in [-0.25, -0.2) is 0 Å². The van der Waals surface area contributed by atoms with E-state index in [0.717, 1.165) is 25.2 Å². The quantitative estimate of drug-likeness (QED) is 0.372. The van der Waals surface area contributed by atoms with Crippen molar-refractivity contribution >= 4 is 11.8 Å². The van der Waals surface area contributed by atoms with Crippen LogP contribution in [0.25, 0.3) is 0 Å². The average Bonchev–Trinajstić information content (AvgIpc) is 2.65. The molecule has 0 saturated heterocycles. The van der Waals surface area contributed by atoms with Gasteiger partial charge in [-0.15, -0.1) is 11.8 Å². The lowest BCUT2D eigenvalue weighted by Gasteiger charge is -2.13. The molecule has 1 aromatic carbocycles. The second kappa shape index (κ2) is 12.9. The van der Waals surface area contributed by atoms with Crippen LogP contribution in [0.5, 0.6) is 5.75 Å². The van der Waals surface area contributed by atoms with Crippen molar-refractivity contribution < 1.29 is 4.74 Å². The maximum absolute atomic E-state index is 5.86. The van der Waals surface area contributed by atoms with Crippen LogP contribution in [-0.2, 0) is 6.42 Å². The highest BCUT2D eigenvalue weighted by Crippen LogP contribution is 2.21. The second-order valence-corrected chi connectivity index (χ2v) is 6.37. The summed E-state index contributed by atoms with van der Waals surface area (Å²) in [5.41, 5.74) is 4.12. The summed E-state index contributed by atoms with van der Waals surface area (Å²) in [6.07, 6.45) is 13.6. The fraction of sp³-hybridized carbons (Fsp3) is 0.455. The van der Waals surface area contributed by atoms with Gasteiger partial charge in [0.1, 0.15) is 5.75 Å². The van der Waals surface area contributed by atoms with Crippen LogP contribution in [-0.4, -0.2) is 12.9 Å². The molecule has 0 N–H and O–H groups in total. The van der Waals surface area contributed by atoms with Gasteiger partial charge < -0.3 is 4.74 Å². The summed E-state index contributed by atoms with van der Waals surface area (Å²) in [5.74, 6) is 0.967. The van der Waals surface area contributed by atoms with Crippen LogP contribution in [0, 0.1) is 0 Å². The fourth-order valence-electron chi connectivity index (χ4n) is 2.68. The zero-order valence-electron chi connectivity index (χ0n) is 15.5. The minimum absolute atomic E-state index is 0.787. The summed E-state index contributed by atoms with van der Waals surface area (Å²) in [6.45, 7) is 8.65. The van der Waals surface area contributed by atoms with Gasteiger partial charge in [-0.1, -0.05) is 50.3 Å². The largest absolute Gasteiger partial charge is 0.493 e. The van der Waals surface area contributed by atoms with Crippen molar-refractivity contribution in [3.05, 3.63) is 65.1 Å². The van der Waals surface area contributed by atoms with Gasteiger partial charge in [0.2, 0.25) is 0 Å². The Labute approximate surface area is 152 Å². The molecule has 0 fully saturated rings. The standard InChI is InChI=1S/C20H26OS.C2H6/c1-3-17(16-22-2)15-19-9-11-20(12-10-19)21-14-13-18-7-5-4-6-8-18;1-2/h3,7,9-12,16H,1,4-6,8,13-15H2,2H3;1-2H3/b17-16+;. The van der Waals surface area contributed by atoms with Gasteiger partial charge in [0.05, 0.1) is 6.61 Å². The molecule has 0 aliphatic heterocycles. The van der Waals surface area contributed by atoms with E-state index >= 15 is 0 Å². The van der Waals surface area contributed by atoms with E-state index in [1.165, 1.54) is 36.8 Å². The summed E-state index contributed by atoms with van der Waals surface area (Å²) in [4.78, 5) is 0. The number of allylic oxidation sites excluding steroid dienone is 3. The van der Waals surface area contributed by atoms with Crippen LogP contribution in [0.3, 0.4) is 0 Å². The van der Waals surface area contributed by atoms with Crippen LogP contribution in [0.15, 0.2) is 59.6 Å². The van der Waals surface area contributed by atoms with Gasteiger partial charge >= 0.3 is 0 Å². The molecule has 1 aliphatic rings. The Hall–Kier alpha value is -1.41. The van der Waals surface area contributed by atoms with Gasteiger partial charge in [0.25, 0.3) is 0 Å². The topological polar surface area (TPSA) is 9.23 Å². The molecular formula is C22H32OS. The van der Waals surface area contributed by atoms with E-state index in [9.17, 15) is 0 Å². The van der Waals surface area contributed by atoms with Gasteiger partial charge in [0, 0.05) is 6.42 Å². The van der Waals surface area contributed by atoms with Crippen molar-refractivity contribution in [3.63, 3.8) is 0 Å². The van der Waals surface area contributed by atoms with Crippen molar-refractivity contribution in [1.82, 2.24) is 0 Å². The monoisotopic (exact) mass is 344 g/mol. The van der Waals surface area contributed by atoms with E-state index in [-0.39, 0.29) is 0 Å². The van der Waals surface area contributed by atoms with Gasteiger partial charge in [0.15, 0.2) is 0 Å². The molecule has 0 heterocycles. The smallest absolute Gasteiger partial charge is 0.119 e. The fourth-order valence-corrected chi connectivity index (χ4v) is 3.17. The highest BCUT2D eigenvalue weighted by atomic mass is 32.2. The molecule has 2 heteroatoms. The lowest BCUT2D eigenvalue weighted by molar-refractivity contribution is 0.319. The van der Waals surface area contributed by atoms with E-state index < -0.39 is 0 Å². The minimum atomic E-state index is 0.787. The highest BCUT2D eigenvalue weighted by molar-refractivity contribution is 8.01. The summed E-state index contributed by atoms with van der Waals surface area (Å²) < 4.78 is 5.86. The number of thioether (sulfide) groups is 1. The normalized spacial score (nSPS) is 14.3. The first-order chi connectivity index (χ1) is 11.8. The minimum Gasteiger partial charge on any atom is -0.493 e. The Kier molecular flexibility index (Phi) is 11.1. The van der Waals surface area contributed by atoms with Crippen LogP contribution in [0.4, 0.5) is 0 Å². The molecule has 0 unspecified atom stereocenters. The van der Waals surface area contributed by atoms with Crippen LogP contribution in [0.2, 0.25) is 0 Å². The first-order valence-corrected chi connectivity index (χ1v) is 10.3. The van der Waals surface area contributed by atoms with Gasteiger partial charge in [-0.2, -0.15) is 0 Å². The van der Waals surface area contributed by atoms with Crippen molar-refractivity contribution in [3.8, 4) is 5.75 Å². The maximum atomic E-state index is 5.86. The molecule has 0 atom stereocenters. The Morgan fingerprint density at radius 2 is 1.96 bits per heavy atom. The van der Waals surface area contributed by atoms with Crippen molar-refractivity contribution in [2.45, 2.75) is 52.4 Å². The Balaban J connectivity index is 0.00000139. The number of rotatable bonds is 8. The van der Waals surface area contributed by atoms with Crippen LogP contribution >= 0.6 is 11.8 Å². The summed E-state index contributed by atoms with van der Waals surface area (Å²) in [7, 11) is 0. The van der Waals surface area contributed by atoms with Gasteiger partial charge in [-0.3, -0.25) is 0 Å². The molecule has 0 radical (unpaired) electrons. The third-order valence-electron chi connectivity index (χ3n) is 3.94. The zero-order chi connectivity index (χ0) is 17.6. The molecule has 24 heavy (non-hydrogen) atoms. The highest BCUT2D eigenvalue weighted by Gasteiger charge is 2.04. The van der Waals surface area contributed by atoms with Crippen molar-refractivity contribution in [2.24, 2.45) is 0 Å². The number of benzene rings is 1. The lowest BCUT2D eigenvalue weighted by atomic mass is 9.98. The summed E-state index contributed by atoms with van der Waals surface area (Å²) in [6, 6.07) is 8.44. The lowest BCUT2D eigenvalue weighted by Crippen LogP contribution is -2.01. The zero-order valence-corrected chi connectivity index (χ0v) is 16.3. The second-order valence-electron chi connectivity index (χ2n) is 5.66. The molecule has 132 valence electrons. The van der Waals surface area contributed by atoms with Crippen molar-refractivity contribution in [2.75, 3.05) is 12.9 Å². The molecule has 1 nitrogen and oxygen atoms in total. The molecule has 2 rings (SSSR count).